The second kappa shape index (κ2) is 11.3. The zero-order valence-electron chi connectivity index (χ0n) is 20.3. The zero-order chi connectivity index (χ0) is 25.4. The van der Waals surface area contributed by atoms with Crippen LogP contribution >= 0.6 is 0 Å². The summed E-state index contributed by atoms with van der Waals surface area (Å²) >= 11 is 0. The summed E-state index contributed by atoms with van der Waals surface area (Å²) in [4.78, 5) is 31.5. The summed E-state index contributed by atoms with van der Waals surface area (Å²) in [6, 6.07) is 31.4. The number of aromatic nitrogens is 1. The fourth-order valence-corrected chi connectivity index (χ4v) is 4.45. The topological polar surface area (TPSA) is 77.5 Å². The molecule has 3 aromatic carbocycles. The molecule has 0 spiro atoms. The first-order chi connectivity index (χ1) is 17.6. The van der Waals surface area contributed by atoms with E-state index in [0.717, 1.165) is 22.3 Å². The molecule has 0 aliphatic rings. The van der Waals surface area contributed by atoms with Gasteiger partial charge in [0.25, 0.3) is 0 Å². The smallest absolute Gasteiger partial charge is 0.328 e. The van der Waals surface area contributed by atoms with Gasteiger partial charge in [-0.05, 0) is 22.3 Å². The Hall–Kier alpha value is -4.45. The Balaban J connectivity index is 1.81. The standard InChI is InChI=1S/C30H28N2O4/c1-35-27-19-18-22(21-31-27)20-26(28(33)36-2)32-29(34)30(23-12-6-3-7-13-23,24-14-8-4-9-15-24)25-16-10-5-11-17-25/h3-19,21,26H,20H2,1-2H3,(H,32,34)/t26-/m1/s1. The first kappa shape index (κ1) is 24.7. The molecule has 1 amide bonds. The molecular weight excluding hydrogens is 452 g/mol. The molecule has 0 fully saturated rings. The maximum atomic E-state index is 14.4. The van der Waals surface area contributed by atoms with Crippen molar-refractivity contribution in [3.05, 3.63) is 132 Å². The molecule has 0 aliphatic carbocycles. The van der Waals surface area contributed by atoms with Crippen molar-refractivity contribution in [2.45, 2.75) is 17.9 Å². The predicted octanol–water partition coefficient (Wildman–Crippen LogP) is 4.33. The van der Waals surface area contributed by atoms with Crippen LogP contribution in [-0.4, -0.2) is 37.1 Å². The number of carbonyl (C=O) groups is 2. The van der Waals surface area contributed by atoms with Gasteiger partial charge in [0.2, 0.25) is 11.8 Å². The molecule has 36 heavy (non-hydrogen) atoms. The highest BCUT2D eigenvalue weighted by Gasteiger charge is 2.45. The molecule has 4 aromatic rings. The van der Waals surface area contributed by atoms with Crippen LogP contribution in [-0.2, 0) is 26.2 Å². The number of carbonyl (C=O) groups excluding carboxylic acids is 2. The van der Waals surface area contributed by atoms with Crippen molar-refractivity contribution in [2.75, 3.05) is 14.2 Å². The Morgan fingerprint density at radius 1 is 0.778 bits per heavy atom. The Kier molecular flexibility index (Phi) is 7.75. The summed E-state index contributed by atoms with van der Waals surface area (Å²) in [6.45, 7) is 0. The first-order valence-electron chi connectivity index (χ1n) is 11.6. The average molecular weight is 481 g/mol. The van der Waals surface area contributed by atoms with Crippen LogP contribution < -0.4 is 10.1 Å². The molecule has 0 radical (unpaired) electrons. The van der Waals surface area contributed by atoms with Crippen molar-refractivity contribution in [2.24, 2.45) is 0 Å². The molecule has 4 rings (SSSR count). The number of nitrogens with zero attached hydrogens (tertiary/aromatic N) is 1. The van der Waals surface area contributed by atoms with Crippen molar-refractivity contribution in [1.82, 2.24) is 10.3 Å². The van der Waals surface area contributed by atoms with Crippen molar-refractivity contribution >= 4 is 11.9 Å². The maximum Gasteiger partial charge on any atom is 0.328 e. The van der Waals surface area contributed by atoms with Crippen LogP contribution in [0.4, 0.5) is 0 Å². The lowest BCUT2D eigenvalue weighted by Crippen LogP contribution is -2.52. The number of methoxy groups -OCH3 is 2. The van der Waals surface area contributed by atoms with E-state index in [4.69, 9.17) is 9.47 Å². The molecule has 1 heterocycles. The number of nitrogens with one attached hydrogen (secondary N) is 1. The molecule has 0 saturated heterocycles. The summed E-state index contributed by atoms with van der Waals surface area (Å²) < 4.78 is 10.2. The lowest BCUT2D eigenvalue weighted by atomic mass is 9.68. The van der Waals surface area contributed by atoms with Gasteiger partial charge in [0, 0.05) is 18.7 Å². The number of pyridine rings is 1. The second-order valence-corrected chi connectivity index (χ2v) is 8.31. The molecule has 1 N–H and O–H groups in total. The highest BCUT2D eigenvalue weighted by Crippen LogP contribution is 2.39. The van der Waals surface area contributed by atoms with Gasteiger partial charge in [0.1, 0.15) is 11.5 Å². The molecule has 6 nitrogen and oxygen atoms in total. The highest BCUT2D eigenvalue weighted by atomic mass is 16.5. The molecule has 0 saturated carbocycles. The fourth-order valence-electron chi connectivity index (χ4n) is 4.45. The molecule has 1 aromatic heterocycles. The zero-order valence-corrected chi connectivity index (χ0v) is 20.3. The summed E-state index contributed by atoms with van der Waals surface area (Å²) in [7, 11) is 2.85. The van der Waals surface area contributed by atoms with Crippen LogP contribution in [0.3, 0.4) is 0 Å². The van der Waals surface area contributed by atoms with Gasteiger partial charge in [-0.25, -0.2) is 9.78 Å². The monoisotopic (exact) mass is 480 g/mol. The van der Waals surface area contributed by atoms with E-state index in [9.17, 15) is 9.59 Å². The van der Waals surface area contributed by atoms with Crippen molar-refractivity contribution in [1.29, 1.82) is 0 Å². The summed E-state index contributed by atoms with van der Waals surface area (Å²) in [5.74, 6) is -0.404. The van der Waals surface area contributed by atoms with Crippen molar-refractivity contribution in [3.63, 3.8) is 0 Å². The van der Waals surface area contributed by atoms with E-state index in [-0.39, 0.29) is 12.3 Å². The summed E-state index contributed by atoms with van der Waals surface area (Å²) in [5.41, 5.74) is 1.92. The average Bonchev–Trinajstić information content (AvgIpc) is 2.95. The molecule has 1 atom stereocenters. The summed E-state index contributed by atoms with van der Waals surface area (Å²) in [5, 5.41) is 3.01. The number of hydrogen-bond donors (Lipinski definition) is 1. The van der Waals surface area contributed by atoms with Crippen molar-refractivity contribution < 1.29 is 19.1 Å². The number of esters is 1. The van der Waals surface area contributed by atoms with Gasteiger partial charge in [-0.3, -0.25) is 4.79 Å². The third kappa shape index (κ3) is 4.98. The predicted molar refractivity (Wildman–Crippen MR) is 138 cm³/mol. The number of benzene rings is 3. The van der Waals surface area contributed by atoms with Gasteiger partial charge < -0.3 is 14.8 Å². The number of hydrogen-bond acceptors (Lipinski definition) is 5. The minimum Gasteiger partial charge on any atom is -0.481 e. The lowest BCUT2D eigenvalue weighted by Gasteiger charge is -2.35. The van der Waals surface area contributed by atoms with E-state index in [0.29, 0.717) is 5.88 Å². The first-order valence-corrected chi connectivity index (χ1v) is 11.6. The largest absolute Gasteiger partial charge is 0.481 e. The Bertz CT molecular complexity index is 1180. The SMILES string of the molecule is COC(=O)[C@@H](Cc1ccc(OC)nc1)NC(=O)C(c1ccccc1)(c1ccccc1)c1ccccc1. The van der Waals surface area contributed by atoms with Crippen molar-refractivity contribution in [3.8, 4) is 5.88 Å². The lowest BCUT2D eigenvalue weighted by molar-refractivity contribution is -0.145. The van der Waals surface area contributed by atoms with Crippen LogP contribution in [0.5, 0.6) is 5.88 Å². The highest BCUT2D eigenvalue weighted by molar-refractivity contribution is 5.98. The molecule has 6 heteroatoms. The fraction of sp³-hybridized carbons (Fsp3) is 0.167. The number of rotatable bonds is 9. The van der Waals surface area contributed by atoms with Crippen LogP contribution in [0.25, 0.3) is 0 Å². The van der Waals surface area contributed by atoms with E-state index in [1.54, 1.807) is 12.3 Å². The van der Waals surface area contributed by atoms with Gasteiger partial charge >= 0.3 is 5.97 Å². The molecule has 0 unspecified atom stereocenters. The van der Waals surface area contributed by atoms with E-state index in [1.165, 1.54) is 14.2 Å². The quantitative estimate of drug-likeness (QED) is 0.285. The van der Waals surface area contributed by atoms with Gasteiger partial charge in [-0.1, -0.05) is 97.1 Å². The third-order valence-electron chi connectivity index (χ3n) is 6.20. The third-order valence-corrected chi connectivity index (χ3v) is 6.20. The molecule has 0 bridgehead atoms. The maximum absolute atomic E-state index is 14.4. The minimum absolute atomic E-state index is 0.212. The number of amides is 1. The number of ether oxygens (including phenoxy) is 2. The van der Waals surface area contributed by atoms with E-state index >= 15 is 0 Å². The Morgan fingerprint density at radius 2 is 1.28 bits per heavy atom. The Morgan fingerprint density at radius 3 is 1.67 bits per heavy atom. The van der Waals surface area contributed by atoms with E-state index in [1.807, 2.05) is 97.1 Å². The van der Waals surface area contributed by atoms with Crippen LogP contribution in [0.2, 0.25) is 0 Å². The molecular formula is C30H28N2O4. The van der Waals surface area contributed by atoms with Gasteiger partial charge in [-0.2, -0.15) is 0 Å². The summed E-state index contributed by atoms with van der Waals surface area (Å²) in [6.07, 6.45) is 1.84. The van der Waals surface area contributed by atoms with Gasteiger partial charge in [0.15, 0.2) is 0 Å². The van der Waals surface area contributed by atoms with E-state index in [2.05, 4.69) is 10.3 Å². The Labute approximate surface area is 210 Å². The van der Waals surface area contributed by atoms with E-state index < -0.39 is 17.4 Å². The van der Waals surface area contributed by atoms with Crippen LogP contribution in [0, 0.1) is 0 Å². The van der Waals surface area contributed by atoms with Gasteiger partial charge in [0.05, 0.1) is 14.2 Å². The van der Waals surface area contributed by atoms with Gasteiger partial charge in [-0.15, -0.1) is 0 Å². The molecule has 0 aliphatic heterocycles. The van der Waals surface area contributed by atoms with Crippen LogP contribution in [0.15, 0.2) is 109 Å². The normalized spacial score (nSPS) is 11.8. The minimum atomic E-state index is -1.20. The second-order valence-electron chi connectivity index (χ2n) is 8.31. The van der Waals surface area contributed by atoms with Crippen LogP contribution in [0.1, 0.15) is 22.3 Å². The molecule has 182 valence electrons.